The lowest BCUT2D eigenvalue weighted by atomic mass is 10.0. The smallest absolute Gasteiger partial charge is 0.227 e. The van der Waals surface area contributed by atoms with E-state index in [9.17, 15) is 9.59 Å². The Balaban J connectivity index is 1.57. The molecular weight excluding hydrogens is 306 g/mol. The molecule has 2 fully saturated rings. The summed E-state index contributed by atoms with van der Waals surface area (Å²) in [5.74, 6) is 0.735. The molecule has 0 saturated carbocycles. The van der Waals surface area contributed by atoms with E-state index < -0.39 is 0 Å². The van der Waals surface area contributed by atoms with Gasteiger partial charge in [0.15, 0.2) is 0 Å². The standard InChI is InChI=1S/C18H25N3O3/c1-24-16-4-2-13(3-5-16)11-21-12-14(10-17(21)22)18(23)20-8-6-15(19)7-9-20/h2-5,14-15H,6-12,19H2,1H3. The number of carbonyl (C=O) groups excluding carboxylic acids is 2. The third kappa shape index (κ3) is 3.70. The van der Waals surface area contributed by atoms with Crippen LogP contribution in [0.1, 0.15) is 24.8 Å². The molecule has 6 heteroatoms. The van der Waals surface area contributed by atoms with E-state index in [2.05, 4.69) is 0 Å². The van der Waals surface area contributed by atoms with E-state index >= 15 is 0 Å². The zero-order chi connectivity index (χ0) is 17.1. The number of amides is 2. The van der Waals surface area contributed by atoms with Crippen molar-refractivity contribution in [1.29, 1.82) is 0 Å². The van der Waals surface area contributed by atoms with Crippen molar-refractivity contribution in [1.82, 2.24) is 9.80 Å². The van der Waals surface area contributed by atoms with Gasteiger partial charge in [0.2, 0.25) is 11.8 Å². The molecule has 2 saturated heterocycles. The minimum absolute atomic E-state index is 0.0536. The number of ether oxygens (including phenoxy) is 1. The lowest BCUT2D eigenvalue weighted by Crippen LogP contribution is -2.45. The third-order valence-electron chi connectivity index (χ3n) is 4.95. The fraction of sp³-hybridized carbons (Fsp3) is 0.556. The Morgan fingerprint density at radius 2 is 1.92 bits per heavy atom. The molecule has 1 aromatic carbocycles. The second-order valence-electron chi connectivity index (χ2n) is 6.69. The largest absolute Gasteiger partial charge is 0.497 e. The number of hydrogen-bond donors (Lipinski definition) is 1. The van der Waals surface area contributed by atoms with Crippen molar-refractivity contribution >= 4 is 11.8 Å². The molecule has 2 aliphatic heterocycles. The summed E-state index contributed by atoms with van der Waals surface area (Å²) in [7, 11) is 1.63. The van der Waals surface area contributed by atoms with Crippen molar-refractivity contribution in [2.45, 2.75) is 31.8 Å². The van der Waals surface area contributed by atoms with E-state index in [0.717, 1.165) is 24.2 Å². The average molecular weight is 331 g/mol. The maximum Gasteiger partial charge on any atom is 0.227 e. The SMILES string of the molecule is COc1ccc(CN2CC(C(=O)N3CCC(N)CC3)CC2=O)cc1. The molecule has 24 heavy (non-hydrogen) atoms. The molecule has 130 valence electrons. The van der Waals surface area contributed by atoms with Gasteiger partial charge in [-0.15, -0.1) is 0 Å². The fourth-order valence-electron chi connectivity index (χ4n) is 3.42. The summed E-state index contributed by atoms with van der Waals surface area (Å²) in [6, 6.07) is 7.87. The van der Waals surface area contributed by atoms with E-state index in [1.807, 2.05) is 29.2 Å². The Morgan fingerprint density at radius 1 is 1.25 bits per heavy atom. The summed E-state index contributed by atoms with van der Waals surface area (Å²) >= 11 is 0. The Morgan fingerprint density at radius 3 is 2.54 bits per heavy atom. The summed E-state index contributed by atoms with van der Waals surface area (Å²) in [6.45, 7) is 2.47. The average Bonchev–Trinajstić information content (AvgIpc) is 2.96. The Labute approximate surface area is 142 Å². The highest BCUT2D eigenvalue weighted by Crippen LogP contribution is 2.24. The van der Waals surface area contributed by atoms with Crippen LogP contribution in [-0.4, -0.2) is 54.4 Å². The lowest BCUT2D eigenvalue weighted by molar-refractivity contribution is -0.136. The van der Waals surface area contributed by atoms with Crippen molar-refractivity contribution in [3.05, 3.63) is 29.8 Å². The number of nitrogens with two attached hydrogens (primary N) is 1. The molecule has 0 spiro atoms. The number of piperidine rings is 1. The Hall–Kier alpha value is -2.08. The van der Waals surface area contributed by atoms with E-state index in [1.165, 1.54) is 0 Å². The molecule has 2 amide bonds. The third-order valence-corrected chi connectivity index (χ3v) is 4.95. The van der Waals surface area contributed by atoms with Gasteiger partial charge in [-0.05, 0) is 30.5 Å². The normalized spacial score (nSPS) is 22.1. The van der Waals surface area contributed by atoms with Crippen LogP contribution in [-0.2, 0) is 16.1 Å². The molecule has 3 rings (SSSR count). The molecule has 0 radical (unpaired) electrons. The fourth-order valence-corrected chi connectivity index (χ4v) is 3.42. The van der Waals surface area contributed by atoms with E-state index in [1.54, 1.807) is 12.0 Å². The highest BCUT2D eigenvalue weighted by atomic mass is 16.5. The molecule has 0 aromatic heterocycles. The molecule has 6 nitrogen and oxygen atoms in total. The van der Waals surface area contributed by atoms with Crippen molar-refractivity contribution in [2.75, 3.05) is 26.7 Å². The van der Waals surface area contributed by atoms with Gasteiger partial charge in [-0.1, -0.05) is 12.1 Å². The van der Waals surface area contributed by atoms with Crippen molar-refractivity contribution in [3.8, 4) is 5.75 Å². The second-order valence-corrected chi connectivity index (χ2v) is 6.69. The van der Waals surface area contributed by atoms with Crippen LogP contribution < -0.4 is 10.5 Å². The first-order chi connectivity index (χ1) is 11.6. The van der Waals surface area contributed by atoms with E-state index in [0.29, 0.717) is 32.6 Å². The molecule has 1 atom stereocenters. The van der Waals surface area contributed by atoms with E-state index in [4.69, 9.17) is 10.5 Å². The minimum Gasteiger partial charge on any atom is -0.497 e. The van der Waals surface area contributed by atoms with Gasteiger partial charge in [0.1, 0.15) is 5.75 Å². The van der Waals surface area contributed by atoms with Crippen molar-refractivity contribution in [2.24, 2.45) is 11.7 Å². The van der Waals surface area contributed by atoms with Gasteiger partial charge in [-0.2, -0.15) is 0 Å². The van der Waals surface area contributed by atoms with Crippen LogP contribution in [0.3, 0.4) is 0 Å². The first-order valence-electron chi connectivity index (χ1n) is 8.52. The summed E-state index contributed by atoms with van der Waals surface area (Å²) in [5, 5.41) is 0. The minimum atomic E-state index is -0.218. The number of hydrogen-bond acceptors (Lipinski definition) is 4. The second kappa shape index (κ2) is 7.21. The Kier molecular flexibility index (Phi) is 5.04. The molecule has 2 heterocycles. The van der Waals surface area contributed by atoms with Crippen LogP contribution in [0.5, 0.6) is 5.75 Å². The molecule has 1 unspecified atom stereocenters. The quantitative estimate of drug-likeness (QED) is 0.893. The zero-order valence-electron chi connectivity index (χ0n) is 14.1. The van der Waals surface area contributed by atoms with Gasteiger partial charge in [-0.25, -0.2) is 0 Å². The summed E-state index contributed by atoms with van der Waals surface area (Å²) in [6.07, 6.45) is 2.02. The van der Waals surface area contributed by atoms with Gasteiger partial charge in [-0.3, -0.25) is 9.59 Å². The molecular formula is C18H25N3O3. The number of rotatable bonds is 4. The van der Waals surface area contributed by atoms with E-state index in [-0.39, 0.29) is 23.8 Å². The van der Waals surface area contributed by atoms with Crippen LogP contribution >= 0.6 is 0 Å². The zero-order valence-corrected chi connectivity index (χ0v) is 14.1. The summed E-state index contributed by atoms with van der Waals surface area (Å²) in [5.41, 5.74) is 6.93. The number of nitrogens with zero attached hydrogens (tertiary/aromatic N) is 2. The summed E-state index contributed by atoms with van der Waals surface area (Å²) in [4.78, 5) is 28.5. The monoisotopic (exact) mass is 331 g/mol. The molecule has 2 N–H and O–H groups in total. The van der Waals surface area contributed by atoms with Crippen molar-refractivity contribution < 1.29 is 14.3 Å². The first-order valence-corrected chi connectivity index (χ1v) is 8.52. The molecule has 2 aliphatic rings. The summed E-state index contributed by atoms with van der Waals surface area (Å²) < 4.78 is 5.14. The lowest BCUT2D eigenvalue weighted by Gasteiger charge is -2.31. The molecule has 0 aliphatic carbocycles. The molecule has 1 aromatic rings. The number of benzene rings is 1. The van der Waals surface area contributed by atoms with Crippen LogP contribution in [0.15, 0.2) is 24.3 Å². The van der Waals surface area contributed by atoms with Gasteiger partial charge in [0.25, 0.3) is 0 Å². The maximum atomic E-state index is 12.6. The highest BCUT2D eigenvalue weighted by Gasteiger charge is 2.37. The van der Waals surface area contributed by atoms with Crippen LogP contribution in [0, 0.1) is 5.92 Å². The van der Waals surface area contributed by atoms with Gasteiger partial charge >= 0.3 is 0 Å². The number of methoxy groups -OCH3 is 1. The first kappa shape index (κ1) is 16.8. The number of carbonyl (C=O) groups is 2. The maximum absolute atomic E-state index is 12.6. The number of likely N-dealkylation sites (tertiary alicyclic amines) is 2. The van der Waals surface area contributed by atoms with Gasteiger partial charge < -0.3 is 20.3 Å². The van der Waals surface area contributed by atoms with Gasteiger partial charge in [0.05, 0.1) is 13.0 Å². The van der Waals surface area contributed by atoms with Crippen LogP contribution in [0.4, 0.5) is 0 Å². The van der Waals surface area contributed by atoms with Crippen LogP contribution in [0.2, 0.25) is 0 Å². The predicted octanol–water partition coefficient (Wildman–Crippen LogP) is 0.993. The van der Waals surface area contributed by atoms with Crippen molar-refractivity contribution in [3.63, 3.8) is 0 Å². The van der Waals surface area contributed by atoms with Gasteiger partial charge in [0, 0.05) is 38.6 Å². The predicted molar refractivity (Wildman–Crippen MR) is 90.3 cm³/mol. The molecule has 0 bridgehead atoms. The highest BCUT2D eigenvalue weighted by molar-refractivity contribution is 5.89. The van der Waals surface area contributed by atoms with Crippen LogP contribution in [0.25, 0.3) is 0 Å². The Bertz CT molecular complexity index is 594. The topological polar surface area (TPSA) is 75.9 Å².